The maximum absolute atomic E-state index is 13.8. The molecule has 4 atom stereocenters. The predicted molar refractivity (Wildman–Crippen MR) is 116 cm³/mol. The van der Waals surface area contributed by atoms with Gasteiger partial charge in [0, 0.05) is 30.0 Å². The van der Waals surface area contributed by atoms with Gasteiger partial charge in [-0.25, -0.2) is 13.6 Å². The van der Waals surface area contributed by atoms with Crippen molar-refractivity contribution < 1.29 is 23.4 Å². The third kappa shape index (κ3) is 3.35. The summed E-state index contributed by atoms with van der Waals surface area (Å²) in [6, 6.07) is 9.41. The molecule has 1 saturated carbocycles. The number of carbonyl (C=O) groups excluding carboxylic acids is 1. The quantitative estimate of drug-likeness (QED) is 0.697. The fourth-order valence-electron chi connectivity index (χ4n) is 6.17. The molecule has 0 amide bonds. The highest BCUT2D eigenvalue weighted by Gasteiger charge is 2.58. The van der Waals surface area contributed by atoms with Crippen molar-refractivity contribution in [1.29, 1.82) is 0 Å². The molecule has 32 heavy (non-hydrogen) atoms. The molecule has 4 unspecified atom stereocenters. The first-order valence-corrected chi connectivity index (χ1v) is 11.4. The van der Waals surface area contributed by atoms with E-state index in [1.54, 1.807) is 6.92 Å². The maximum atomic E-state index is 13.8. The fraction of sp³-hybridized carbons (Fsp3) is 0.500. The van der Waals surface area contributed by atoms with E-state index in [4.69, 9.17) is 4.74 Å². The molecule has 6 heteroatoms. The molecule has 170 valence electrons. The number of esters is 1. The summed E-state index contributed by atoms with van der Waals surface area (Å²) in [7, 11) is 2.19. The number of aryl methyl sites for hydroxylation is 1. The zero-order chi connectivity index (χ0) is 22.7. The van der Waals surface area contributed by atoms with Crippen LogP contribution in [0.4, 0.5) is 8.78 Å². The molecule has 1 N–H and O–H groups in total. The van der Waals surface area contributed by atoms with E-state index in [9.17, 15) is 18.7 Å². The second-order valence-electron chi connectivity index (χ2n) is 9.82. The van der Waals surface area contributed by atoms with Gasteiger partial charge in [-0.3, -0.25) is 4.90 Å². The van der Waals surface area contributed by atoms with Crippen molar-refractivity contribution in [1.82, 2.24) is 4.90 Å². The third-order valence-electron chi connectivity index (χ3n) is 8.02. The van der Waals surface area contributed by atoms with Crippen LogP contribution in [0, 0.1) is 24.5 Å². The minimum Gasteiger partial charge on any atom is -0.460 e. The van der Waals surface area contributed by atoms with E-state index in [0.29, 0.717) is 17.5 Å². The number of rotatable bonds is 5. The summed E-state index contributed by atoms with van der Waals surface area (Å²) in [6.07, 6.45) is 5.85. The van der Waals surface area contributed by atoms with E-state index in [2.05, 4.69) is 11.9 Å². The smallest absolute Gasteiger partial charge is 0.347 e. The van der Waals surface area contributed by atoms with E-state index in [-0.39, 0.29) is 22.8 Å². The molecular formula is C26H29F2NO3. The summed E-state index contributed by atoms with van der Waals surface area (Å²) in [5.74, 6) is -1.08. The minimum atomic E-state index is -2.15. The van der Waals surface area contributed by atoms with E-state index in [0.717, 1.165) is 25.7 Å². The van der Waals surface area contributed by atoms with E-state index in [1.165, 1.54) is 55.3 Å². The van der Waals surface area contributed by atoms with Gasteiger partial charge in [0.2, 0.25) is 5.60 Å². The van der Waals surface area contributed by atoms with Gasteiger partial charge in [-0.2, -0.15) is 0 Å². The first-order valence-electron chi connectivity index (χ1n) is 11.4. The molecule has 2 aliphatic heterocycles. The van der Waals surface area contributed by atoms with Crippen LogP contribution in [0.2, 0.25) is 0 Å². The summed E-state index contributed by atoms with van der Waals surface area (Å²) in [5.41, 5.74) is -1.21. The minimum absolute atomic E-state index is 0.0770. The SMILES string of the molecule is Cc1cc(F)ccc1C(O)(C(=O)OC1CC2CCC(C3CC3)(C1)N2C)c1ccc(F)cc1. The Morgan fingerprint density at radius 3 is 2.47 bits per heavy atom. The Kier molecular flexibility index (Phi) is 5.13. The molecule has 0 spiro atoms. The van der Waals surface area contributed by atoms with Crippen LogP contribution in [0.5, 0.6) is 0 Å². The number of hydrogen-bond donors (Lipinski definition) is 1. The normalized spacial score (nSPS) is 29.5. The Hall–Kier alpha value is -2.31. The van der Waals surface area contributed by atoms with E-state index >= 15 is 0 Å². The Morgan fingerprint density at radius 2 is 1.81 bits per heavy atom. The molecule has 2 bridgehead atoms. The van der Waals surface area contributed by atoms with Crippen LogP contribution in [0.3, 0.4) is 0 Å². The number of aliphatic hydroxyl groups is 1. The maximum Gasteiger partial charge on any atom is 0.347 e. The number of nitrogens with zero attached hydrogens (tertiary/aromatic N) is 1. The number of carbonyl (C=O) groups is 1. The molecule has 0 radical (unpaired) electrons. The van der Waals surface area contributed by atoms with Gasteiger partial charge in [-0.05, 0) is 81.0 Å². The number of piperidine rings is 1. The Balaban J connectivity index is 1.48. The van der Waals surface area contributed by atoms with Crippen molar-refractivity contribution in [3.8, 4) is 0 Å². The molecule has 1 aliphatic carbocycles. The summed E-state index contributed by atoms with van der Waals surface area (Å²) in [4.78, 5) is 16.1. The number of hydrogen-bond acceptors (Lipinski definition) is 4. The summed E-state index contributed by atoms with van der Waals surface area (Å²) >= 11 is 0. The fourth-order valence-corrected chi connectivity index (χ4v) is 6.17. The summed E-state index contributed by atoms with van der Waals surface area (Å²) in [5, 5.41) is 11.8. The zero-order valence-corrected chi connectivity index (χ0v) is 18.5. The lowest BCUT2D eigenvalue weighted by Crippen LogP contribution is -2.55. The Labute approximate surface area is 187 Å². The van der Waals surface area contributed by atoms with Crippen molar-refractivity contribution in [2.75, 3.05) is 7.05 Å². The van der Waals surface area contributed by atoms with Gasteiger partial charge in [-0.1, -0.05) is 18.2 Å². The largest absolute Gasteiger partial charge is 0.460 e. The van der Waals surface area contributed by atoms with Gasteiger partial charge < -0.3 is 9.84 Å². The average molecular weight is 442 g/mol. The van der Waals surface area contributed by atoms with Crippen LogP contribution in [-0.2, 0) is 15.1 Å². The second-order valence-corrected chi connectivity index (χ2v) is 9.82. The van der Waals surface area contributed by atoms with Crippen LogP contribution in [-0.4, -0.2) is 40.7 Å². The molecule has 0 aromatic heterocycles. The lowest BCUT2D eigenvalue weighted by Gasteiger charge is -2.46. The standard InChI is InChI=1S/C26H29F2NO3/c1-16-13-20(28)9-10-23(16)26(31,18-5-7-19(27)8-6-18)24(30)32-22-14-21-11-12-25(15-22,29(21)2)17-3-4-17/h5-10,13,17,21-22,31H,3-4,11-12,14-15H2,1-2H3. The first-order chi connectivity index (χ1) is 15.2. The van der Waals surface area contributed by atoms with Crippen LogP contribution in [0.25, 0.3) is 0 Å². The van der Waals surface area contributed by atoms with Crippen molar-refractivity contribution in [2.45, 2.75) is 68.7 Å². The molecule has 2 saturated heterocycles. The average Bonchev–Trinajstić information content (AvgIpc) is 3.57. The van der Waals surface area contributed by atoms with Gasteiger partial charge in [-0.15, -0.1) is 0 Å². The molecule has 2 heterocycles. The number of benzene rings is 2. The molecule has 2 aromatic carbocycles. The third-order valence-corrected chi connectivity index (χ3v) is 8.02. The summed E-state index contributed by atoms with van der Waals surface area (Å²) in [6.45, 7) is 1.64. The van der Waals surface area contributed by atoms with Crippen LogP contribution < -0.4 is 0 Å². The molecular weight excluding hydrogens is 412 g/mol. The molecule has 3 aliphatic rings. The molecule has 5 rings (SSSR count). The van der Waals surface area contributed by atoms with Gasteiger partial charge in [0.15, 0.2) is 0 Å². The molecule has 3 fully saturated rings. The second kappa shape index (κ2) is 7.63. The van der Waals surface area contributed by atoms with Gasteiger partial charge in [0.25, 0.3) is 0 Å². The highest BCUT2D eigenvalue weighted by molar-refractivity contribution is 5.86. The van der Waals surface area contributed by atoms with Gasteiger partial charge in [0.1, 0.15) is 17.7 Å². The van der Waals surface area contributed by atoms with E-state index in [1.807, 2.05) is 0 Å². The van der Waals surface area contributed by atoms with Gasteiger partial charge >= 0.3 is 5.97 Å². The topological polar surface area (TPSA) is 49.8 Å². The highest BCUT2D eigenvalue weighted by atomic mass is 19.1. The van der Waals surface area contributed by atoms with E-state index < -0.39 is 23.2 Å². The number of halogens is 2. The van der Waals surface area contributed by atoms with Crippen molar-refractivity contribution >= 4 is 5.97 Å². The molecule has 2 aromatic rings. The van der Waals surface area contributed by atoms with Crippen LogP contribution in [0.15, 0.2) is 42.5 Å². The zero-order valence-electron chi connectivity index (χ0n) is 18.5. The van der Waals surface area contributed by atoms with Crippen molar-refractivity contribution in [3.63, 3.8) is 0 Å². The van der Waals surface area contributed by atoms with Crippen molar-refractivity contribution in [2.24, 2.45) is 5.92 Å². The molecule has 4 nitrogen and oxygen atoms in total. The highest BCUT2D eigenvalue weighted by Crippen LogP contribution is 2.55. The summed E-state index contributed by atoms with van der Waals surface area (Å²) < 4.78 is 33.4. The number of fused-ring (bicyclic) bond motifs is 2. The predicted octanol–water partition coefficient (Wildman–Crippen LogP) is 4.46. The number of ether oxygens (including phenoxy) is 1. The lowest BCUT2D eigenvalue weighted by atomic mass is 9.81. The first kappa shape index (κ1) is 21.5. The Bertz CT molecular complexity index is 1040. The monoisotopic (exact) mass is 441 g/mol. The van der Waals surface area contributed by atoms with Crippen LogP contribution in [0.1, 0.15) is 55.2 Å². The van der Waals surface area contributed by atoms with Gasteiger partial charge in [0.05, 0.1) is 0 Å². The lowest BCUT2D eigenvalue weighted by molar-refractivity contribution is -0.173. The van der Waals surface area contributed by atoms with Crippen molar-refractivity contribution in [3.05, 3.63) is 70.8 Å². The van der Waals surface area contributed by atoms with Crippen LogP contribution >= 0.6 is 0 Å². The Morgan fingerprint density at radius 1 is 1.12 bits per heavy atom.